The maximum atomic E-state index is 5.53. The van der Waals surface area contributed by atoms with Crippen LogP contribution in [0.15, 0.2) is 12.1 Å². The number of fused-ring (bicyclic) bond motifs is 1. The molecule has 1 aromatic heterocycles. The van der Waals surface area contributed by atoms with Crippen LogP contribution in [0.5, 0.6) is 17.2 Å². The third kappa shape index (κ3) is 3.09. The molecule has 1 atom stereocenters. The van der Waals surface area contributed by atoms with Gasteiger partial charge in [0.05, 0.1) is 26.8 Å². The molecule has 21 heavy (non-hydrogen) atoms. The van der Waals surface area contributed by atoms with Crippen LogP contribution < -0.4 is 14.2 Å². The molecule has 4 nitrogen and oxygen atoms in total. The van der Waals surface area contributed by atoms with Crippen LogP contribution in [0.3, 0.4) is 0 Å². The minimum Gasteiger partial charge on any atom is -0.493 e. The number of aromatic amines is 1. The predicted molar refractivity (Wildman–Crippen MR) is 85.7 cm³/mol. The van der Waals surface area contributed by atoms with Crippen molar-refractivity contribution in [2.75, 3.05) is 21.3 Å². The first-order valence-corrected chi connectivity index (χ1v) is 7.45. The van der Waals surface area contributed by atoms with Crippen molar-refractivity contribution >= 4 is 10.9 Å². The van der Waals surface area contributed by atoms with E-state index in [0.29, 0.717) is 17.4 Å². The largest absolute Gasteiger partial charge is 0.493 e. The molecule has 1 unspecified atom stereocenters. The molecule has 1 heterocycles. The monoisotopic (exact) mass is 291 g/mol. The number of H-pyrrole nitrogens is 1. The van der Waals surface area contributed by atoms with E-state index in [1.807, 2.05) is 6.07 Å². The van der Waals surface area contributed by atoms with Crippen molar-refractivity contribution < 1.29 is 14.2 Å². The van der Waals surface area contributed by atoms with Gasteiger partial charge < -0.3 is 19.2 Å². The van der Waals surface area contributed by atoms with Crippen LogP contribution in [0.2, 0.25) is 0 Å². The number of hydrogen-bond acceptors (Lipinski definition) is 3. The van der Waals surface area contributed by atoms with Crippen LogP contribution in [0.25, 0.3) is 10.9 Å². The van der Waals surface area contributed by atoms with Crippen molar-refractivity contribution in [3.05, 3.63) is 17.8 Å². The molecule has 0 aliphatic heterocycles. The van der Waals surface area contributed by atoms with E-state index in [0.717, 1.165) is 23.1 Å². The summed E-state index contributed by atoms with van der Waals surface area (Å²) in [5.41, 5.74) is 2.24. The molecular formula is C17H25NO3. The lowest BCUT2D eigenvalue weighted by atomic mass is 10.0. The molecule has 0 amide bonds. The number of aromatic nitrogens is 1. The normalized spacial score (nSPS) is 12.4. The quantitative estimate of drug-likeness (QED) is 0.832. The molecule has 0 spiro atoms. The highest BCUT2D eigenvalue weighted by atomic mass is 16.5. The Morgan fingerprint density at radius 1 is 1.05 bits per heavy atom. The molecule has 0 aliphatic rings. The van der Waals surface area contributed by atoms with Gasteiger partial charge in [-0.1, -0.05) is 26.7 Å². The van der Waals surface area contributed by atoms with Crippen molar-refractivity contribution in [1.29, 1.82) is 0 Å². The average molecular weight is 291 g/mol. The van der Waals surface area contributed by atoms with E-state index in [1.54, 1.807) is 21.3 Å². The van der Waals surface area contributed by atoms with Gasteiger partial charge in [0.25, 0.3) is 0 Å². The number of methoxy groups -OCH3 is 3. The lowest BCUT2D eigenvalue weighted by Crippen LogP contribution is -1.98. The van der Waals surface area contributed by atoms with Gasteiger partial charge in [0, 0.05) is 17.1 Å². The predicted octanol–water partition coefficient (Wildman–Crippen LogP) is 4.17. The highest BCUT2D eigenvalue weighted by molar-refractivity contribution is 5.91. The average Bonchev–Trinajstić information content (AvgIpc) is 2.86. The topological polar surface area (TPSA) is 43.5 Å². The molecule has 0 bridgehead atoms. The summed E-state index contributed by atoms with van der Waals surface area (Å²) in [7, 11) is 4.92. The van der Waals surface area contributed by atoms with E-state index in [4.69, 9.17) is 14.2 Å². The Morgan fingerprint density at radius 2 is 1.76 bits per heavy atom. The van der Waals surface area contributed by atoms with Gasteiger partial charge in [0.1, 0.15) is 0 Å². The van der Waals surface area contributed by atoms with E-state index < -0.39 is 0 Å². The Labute approximate surface area is 126 Å². The summed E-state index contributed by atoms with van der Waals surface area (Å²) < 4.78 is 16.4. The number of benzene rings is 1. The minimum absolute atomic E-state index is 0.639. The summed E-state index contributed by atoms with van der Waals surface area (Å²) in [6.07, 6.45) is 3.49. The van der Waals surface area contributed by atoms with E-state index in [2.05, 4.69) is 24.9 Å². The van der Waals surface area contributed by atoms with E-state index >= 15 is 0 Å². The highest BCUT2D eigenvalue weighted by Crippen LogP contribution is 2.43. The van der Waals surface area contributed by atoms with Gasteiger partial charge in [-0.15, -0.1) is 0 Å². The van der Waals surface area contributed by atoms with Crippen LogP contribution in [0.4, 0.5) is 0 Å². The smallest absolute Gasteiger partial charge is 0.204 e. The maximum absolute atomic E-state index is 5.53. The van der Waals surface area contributed by atoms with Crippen molar-refractivity contribution in [3.63, 3.8) is 0 Å². The maximum Gasteiger partial charge on any atom is 0.204 e. The molecule has 0 aliphatic carbocycles. The Morgan fingerprint density at radius 3 is 2.33 bits per heavy atom. The van der Waals surface area contributed by atoms with E-state index in [9.17, 15) is 0 Å². The lowest BCUT2D eigenvalue weighted by Gasteiger charge is -2.12. The molecule has 1 N–H and O–H groups in total. The molecule has 0 saturated heterocycles. The van der Waals surface area contributed by atoms with Crippen molar-refractivity contribution in [2.45, 2.75) is 33.1 Å². The molecule has 0 radical (unpaired) electrons. The van der Waals surface area contributed by atoms with E-state index in [-0.39, 0.29) is 0 Å². The van der Waals surface area contributed by atoms with Gasteiger partial charge >= 0.3 is 0 Å². The fourth-order valence-electron chi connectivity index (χ4n) is 2.89. The van der Waals surface area contributed by atoms with Crippen molar-refractivity contribution in [2.24, 2.45) is 5.92 Å². The number of hydrogen-bond donors (Lipinski definition) is 1. The summed E-state index contributed by atoms with van der Waals surface area (Å²) >= 11 is 0. The zero-order valence-electron chi connectivity index (χ0n) is 13.6. The Balaban J connectivity index is 2.46. The summed E-state index contributed by atoms with van der Waals surface area (Å²) in [4.78, 5) is 3.47. The minimum atomic E-state index is 0.639. The second-order valence-corrected chi connectivity index (χ2v) is 5.50. The summed E-state index contributed by atoms with van der Waals surface area (Å²) in [6.45, 7) is 4.51. The van der Waals surface area contributed by atoms with Gasteiger partial charge in [-0.05, 0) is 18.4 Å². The summed E-state index contributed by atoms with van der Waals surface area (Å²) in [5.74, 6) is 2.70. The number of ether oxygens (including phenoxy) is 3. The molecule has 0 saturated carbocycles. The first kappa shape index (κ1) is 15.5. The lowest BCUT2D eigenvalue weighted by molar-refractivity contribution is 0.327. The molecule has 2 rings (SSSR count). The van der Waals surface area contributed by atoms with Crippen LogP contribution >= 0.6 is 0 Å². The Kier molecular flexibility index (Phi) is 4.99. The number of nitrogens with one attached hydrogen (secondary N) is 1. The summed E-state index contributed by atoms with van der Waals surface area (Å²) in [5, 5.41) is 1.04. The first-order chi connectivity index (χ1) is 10.1. The van der Waals surface area contributed by atoms with Crippen LogP contribution in [-0.2, 0) is 6.42 Å². The van der Waals surface area contributed by atoms with E-state index in [1.165, 1.54) is 18.5 Å². The zero-order chi connectivity index (χ0) is 15.4. The van der Waals surface area contributed by atoms with Crippen LogP contribution in [0, 0.1) is 5.92 Å². The van der Waals surface area contributed by atoms with Gasteiger partial charge in [0.2, 0.25) is 5.75 Å². The number of rotatable bonds is 7. The SMILES string of the molecule is CCCC(C)Cc1cc2c(OC)c(OC)c(OC)cc2[nH]1. The van der Waals surface area contributed by atoms with Crippen molar-refractivity contribution in [3.8, 4) is 17.2 Å². The third-order valence-corrected chi connectivity index (χ3v) is 3.83. The third-order valence-electron chi connectivity index (χ3n) is 3.83. The zero-order valence-corrected chi connectivity index (χ0v) is 13.6. The van der Waals surface area contributed by atoms with Crippen molar-refractivity contribution in [1.82, 2.24) is 4.98 Å². The van der Waals surface area contributed by atoms with Gasteiger partial charge in [-0.2, -0.15) is 0 Å². The molecule has 2 aromatic rings. The van der Waals surface area contributed by atoms with Gasteiger partial charge in [-0.3, -0.25) is 0 Å². The van der Waals surface area contributed by atoms with Gasteiger partial charge in [-0.25, -0.2) is 0 Å². The van der Waals surface area contributed by atoms with Crippen LogP contribution in [-0.4, -0.2) is 26.3 Å². The second-order valence-electron chi connectivity index (χ2n) is 5.50. The summed E-state index contributed by atoms with van der Waals surface area (Å²) in [6, 6.07) is 4.12. The molecule has 0 fully saturated rings. The highest BCUT2D eigenvalue weighted by Gasteiger charge is 2.18. The van der Waals surface area contributed by atoms with Crippen LogP contribution in [0.1, 0.15) is 32.4 Å². The van der Waals surface area contributed by atoms with Gasteiger partial charge in [0.15, 0.2) is 11.5 Å². The fraction of sp³-hybridized carbons (Fsp3) is 0.529. The second kappa shape index (κ2) is 6.74. The molecular weight excluding hydrogens is 266 g/mol. The standard InChI is InChI=1S/C17H25NO3/c1-6-7-11(2)8-12-9-13-14(18-12)10-15(19-3)17(21-5)16(13)20-4/h9-11,18H,6-8H2,1-5H3. The fourth-order valence-corrected chi connectivity index (χ4v) is 2.89. The molecule has 1 aromatic carbocycles. The Bertz CT molecular complexity index is 604. The Hall–Kier alpha value is -1.84. The first-order valence-electron chi connectivity index (χ1n) is 7.45. The molecule has 116 valence electrons. The molecule has 4 heteroatoms.